The summed E-state index contributed by atoms with van der Waals surface area (Å²) >= 11 is 0. The summed E-state index contributed by atoms with van der Waals surface area (Å²) in [6.07, 6.45) is 5.10. The summed E-state index contributed by atoms with van der Waals surface area (Å²) in [7, 11) is 0. The first-order chi connectivity index (χ1) is 7.86. The lowest BCUT2D eigenvalue weighted by atomic mass is 10.4. The first-order valence-corrected chi connectivity index (χ1v) is 5.12. The topological polar surface area (TPSA) is 73.9 Å². The normalized spacial score (nSPS) is 10.9. The number of nitrogens with zero attached hydrogens (tertiary/aromatic N) is 4. The van der Waals surface area contributed by atoms with Gasteiger partial charge in [-0.3, -0.25) is 0 Å². The van der Waals surface area contributed by atoms with Crippen molar-refractivity contribution in [1.82, 2.24) is 14.6 Å². The molecule has 0 spiro atoms. The van der Waals surface area contributed by atoms with E-state index in [-0.39, 0.29) is 13.2 Å². The van der Waals surface area contributed by atoms with Crippen molar-refractivity contribution in [2.75, 3.05) is 31.2 Å². The van der Waals surface area contributed by atoms with E-state index in [4.69, 9.17) is 10.2 Å². The van der Waals surface area contributed by atoms with Crippen LogP contribution in [0.3, 0.4) is 0 Å². The number of aliphatic hydroxyl groups excluding tert-OH is 2. The molecule has 0 bridgehead atoms. The highest BCUT2D eigenvalue weighted by molar-refractivity contribution is 5.68. The molecule has 2 aromatic rings. The second-order valence-corrected chi connectivity index (χ2v) is 3.35. The number of hydrogen-bond acceptors (Lipinski definition) is 5. The monoisotopic (exact) mass is 222 g/mol. The minimum Gasteiger partial charge on any atom is -0.395 e. The SMILES string of the molecule is OCCN(CCO)c1nccn2nccc12. The van der Waals surface area contributed by atoms with Crippen LogP contribution in [0.1, 0.15) is 0 Å². The Labute approximate surface area is 92.8 Å². The maximum atomic E-state index is 8.97. The van der Waals surface area contributed by atoms with Crippen molar-refractivity contribution in [3.8, 4) is 0 Å². The summed E-state index contributed by atoms with van der Waals surface area (Å²) in [5, 5.41) is 22.1. The minimum atomic E-state index is 0.0247. The Morgan fingerprint density at radius 3 is 2.62 bits per heavy atom. The van der Waals surface area contributed by atoms with E-state index in [2.05, 4.69) is 10.1 Å². The lowest BCUT2D eigenvalue weighted by Gasteiger charge is -2.22. The molecule has 6 heteroatoms. The molecule has 0 aliphatic rings. The molecular weight excluding hydrogens is 208 g/mol. The second-order valence-electron chi connectivity index (χ2n) is 3.35. The van der Waals surface area contributed by atoms with Crippen molar-refractivity contribution in [3.05, 3.63) is 24.7 Å². The number of rotatable bonds is 5. The van der Waals surface area contributed by atoms with Gasteiger partial charge in [0.25, 0.3) is 0 Å². The number of fused-ring (bicyclic) bond motifs is 1. The highest BCUT2D eigenvalue weighted by Gasteiger charge is 2.11. The van der Waals surface area contributed by atoms with Gasteiger partial charge in [0.2, 0.25) is 0 Å². The smallest absolute Gasteiger partial charge is 0.154 e. The van der Waals surface area contributed by atoms with Crippen LogP contribution >= 0.6 is 0 Å². The van der Waals surface area contributed by atoms with Gasteiger partial charge in [-0.05, 0) is 6.07 Å². The number of aliphatic hydroxyl groups is 2. The molecule has 2 aromatic heterocycles. The molecular formula is C10H14N4O2. The van der Waals surface area contributed by atoms with Gasteiger partial charge in [-0.15, -0.1) is 0 Å². The molecule has 2 N–H and O–H groups in total. The molecule has 0 unspecified atom stereocenters. The lowest BCUT2D eigenvalue weighted by Crippen LogP contribution is -2.30. The lowest BCUT2D eigenvalue weighted by molar-refractivity contribution is 0.281. The Balaban J connectivity index is 2.38. The molecule has 0 fully saturated rings. The van der Waals surface area contributed by atoms with Gasteiger partial charge in [0.05, 0.1) is 19.4 Å². The second kappa shape index (κ2) is 4.91. The maximum absolute atomic E-state index is 8.97. The van der Waals surface area contributed by atoms with Gasteiger partial charge in [-0.2, -0.15) is 5.10 Å². The fourth-order valence-corrected chi connectivity index (χ4v) is 1.65. The Bertz CT molecular complexity index is 451. The summed E-state index contributed by atoms with van der Waals surface area (Å²) in [4.78, 5) is 6.09. The molecule has 6 nitrogen and oxygen atoms in total. The molecule has 0 aliphatic heterocycles. The van der Waals surface area contributed by atoms with Gasteiger partial charge in [-0.1, -0.05) is 0 Å². The summed E-state index contributed by atoms with van der Waals surface area (Å²) in [5.74, 6) is 0.725. The van der Waals surface area contributed by atoms with Crippen LogP contribution in [0, 0.1) is 0 Å². The van der Waals surface area contributed by atoms with Gasteiger partial charge in [0, 0.05) is 25.5 Å². The minimum absolute atomic E-state index is 0.0247. The molecule has 0 aliphatic carbocycles. The van der Waals surface area contributed by atoms with E-state index < -0.39 is 0 Å². The van der Waals surface area contributed by atoms with Crippen LogP contribution in [0.25, 0.3) is 5.52 Å². The molecule has 0 amide bonds. The van der Waals surface area contributed by atoms with Crippen molar-refractivity contribution < 1.29 is 10.2 Å². The molecule has 0 radical (unpaired) electrons. The van der Waals surface area contributed by atoms with Crippen molar-refractivity contribution in [2.45, 2.75) is 0 Å². The predicted octanol–water partition coefficient (Wildman–Crippen LogP) is -0.480. The summed E-state index contributed by atoms with van der Waals surface area (Å²) in [5.41, 5.74) is 0.865. The Hall–Kier alpha value is -1.66. The number of hydrogen-bond donors (Lipinski definition) is 2. The average Bonchev–Trinajstić information content (AvgIpc) is 2.76. The maximum Gasteiger partial charge on any atom is 0.154 e. The van der Waals surface area contributed by atoms with E-state index >= 15 is 0 Å². The van der Waals surface area contributed by atoms with Gasteiger partial charge in [0.15, 0.2) is 5.82 Å². The Morgan fingerprint density at radius 1 is 1.19 bits per heavy atom. The van der Waals surface area contributed by atoms with Crippen LogP contribution < -0.4 is 4.90 Å². The fraction of sp³-hybridized carbons (Fsp3) is 0.400. The molecule has 2 rings (SSSR count). The molecule has 0 saturated heterocycles. The fourth-order valence-electron chi connectivity index (χ4n) is 1.65. The Kier molecular flexibility index (Phi) is 3.33. The first kappa shape index (κ1) is 10.8. The highest BCUT2D eigenvalue weighted by atomic mass is 16.3. The molecule has 0 atom stereocenters. The predicted molar refractivity (Wildman–Crippen MR) is 59.4 cm³/mol. The summed E-state index contributed by atoms with van der Waals surface area (Å²) < 4.78 is 1.71. The molecule has 0 saturated carbocycles. The van der Waals surface area contributed by atoms with Crippen LogP contribution in [0.5, 0.6) is 0 Å². The summed E-state index contributed by atoms with van der Waals surface area (Å²) in [6.45, 7) is 0.935. The van der Waals surface area contributed by atoms with E-state index in [1.807, 2.05) is 11.0 Å². The van der Waals surface area contributed by atoms with E-state index in [0.717, 1.165) is 11.3 Å². The third-order valence-corrected chi connectivity index (χ3v) is 2.34. The van der Waals surface area contributed by atoms with Crippen LogP contribution in [0.4, 0.5) is 5.82 Å². The van der Waals surface area contributed by atoms with Crippen LogP contribution in [0.2, 0.25) is 0 Å². The molecule has 16 heavy (non-hydrogen) atoms. The van der Waals surface area contributed by atoms with Gasteiger partial charge < -0.3 is 15.1 Å². The van der Waals surface area contributed by atoms with E-state index in [0.29, 0.717) is 13.1 Å². The van der Waals surface area contributed by atoms with Crippen molar-refractivity contribution in [3.63, 3.8) is 0 Å². The Morgan fingerprint density at radius 2 is 1.94 bits per heavy atom. The van der Waals surface area contributed by atoms with E-state index in [1.54, 1.807) is 23.1 Å². The van der Waals surface area contributed by atoms with Gasteiger partial charge >= 0.3 is 0 Å². The number of anilines is 1. The van der Waals surface area contributed by atoms with Crippen LogP contribution in [0.15, 0.2) is 24.7 Å². The van der Waals surface area contributed by atoms with Crippen molar-refractivity contribution in [1.29, 1.82) is 0 Å². The third kappa shape index (κ3) is 1.98. The molecule has 2 heterocycles. The van der Waals surface area contributed by atoms with Crippen LogP contribution in [-0.2, 0) is 0 Å². The molecule has 86 valence electrons. The third-order valence-electron chi connectivity index (χ3n) is 2.34. The van der Waals surface area contributed by atoms with Crippen molar-refractivity contribution in [2.24, 2.45) is 0 Å². The quantitative estimate of drug-likeness (QED) is 0.714. The average molecular weight is 222 g/mol. The summed E-state index contributed by atoms with van der Waals surface area (Å²) in [6, 6.07) is 1.85. The van der Waals surface area contributed by atoms with Crippen LogP contribution in [-0.4, -0.2) is 51.1 Å². The molecule has 0 aromatic carbocycles. The van der Waals surface area contributed by atoms with Gasteiger partial charge in [-0.25, -0.2) is 9.50 Å². The number of aromatic nitrogens is 3. The zero-order valence-corrected chi connectivity index (χ0v) is 8.82. The standard InChI is InChI=1S/C10H14N4O2/c15-7-5-13(6-8-16)10-9-1-2-12-14(9)4-3-11-10/h1-4,15-16H,5-8H2. The largest absolute Gasteiger partial charge is 0.395 e. The zero-order valence-electron chi connectivity index (χ0n) is 8.82. The highest BCUT2D eigenvalue weighted by Crippen LogP contribution is 2.17. The van der Waals surface area contributed by atoms with E-state index in [1.165, 1.54) is 0 Å². The van der Waals surface area contributed by atoms with Gasteiger partial charge in [0.1, 0.15) is 5.52 Å². The van der Waals surface area contributed by atoms with E-state index in [9.17, 15) is 0 Å². The first-order valence-electron chi connectivity index (χ1n) is 5.12. The van der Waals surface area contributed by atoms with Crippen molar-refractivity contribution >= 4 is 11.3 Å². The zero-order chi connectivity index (χ0) is 11.4.